The van der Waals surface area contributed by atoms with Gasteiger partial charge in [-0.25, -0.2) is 0 Å². The summed E-state index contributed by atoms with van der Waals surface area (Å²) < 4.78 is 7.60. The summed E-state index contributed by atoms with van der Waals surface area (Å²) in [6.45, 7) is 2.88. The molecule has 0 unspecified atom stereocenters. The summed E-state index contributed by atoms with van der Waals surface area (Å²) in [5.41, 5.74) is 1.41. The fourth-order valence-electron chi connectivity index (χ4n) is 2.95. The van der Waals surface area contributed by atoms with Gasteiger partial charge in [0.15, 0.2) is 5.82 Å². The van der Waals surface area contributed by atoms with Crippen LogP contribution < -0.4 is 14.8 Å². The number of aromatic nitrogens is 3. The summed E-state index contributed by atoms with van der Waals surface area (Å²) in [7, 11) is 0. The molecule has 4 aromatic rings. The molecule has 0 aliphatic carbocycles. The number of fused-ring (bicyclic) bond motifs is 1. The minimum atomic E-state index is -0.212. The molecule has 0 aliphatic heterocycles. The predicted octanol–water partition coefficient (Wildman–Crippen LogP) is 5.24. The molecule has 0 amide bonds. The third kappa shape index (κ3) is 4.51. The first-order valence-electron chi connectivity index (χ1n) is 9.65. The van der Waals surface area contributed by atoms with Gasteiger partial charge in [0, 0.05) is 5.56 Å². The first kappa shape index (κ1) is 20.8. The third-order valence-electron chi connectivity index (χ3n) is 4.55. The summed E-state index contributed by atoms with van der Waals surface area (Å²) in [4.78, 5) is 17.8. The number of ether oxygens (including phenoxy) is 1. The van der Waals surface area contributed by atoms with Gasteiger partial charge in [-0.05, 0) is 54.5 Å². The highest BCUT2D eigenvalue weighted by Gasteiger charge is 2.12. The zero-order valence-corrected chi connectivity index (χ0v) is 18.6. The van der Waals surface area contributed by atoms with Crippen LogP contribution in [0.2, 0.25) is 10.0 Å². The van der Waals surface area contributed by atoms with E-state index in [1.807, 2.05) is 24.3 Å². The lowest BCUT2D eigenvalue weighted by Crippen LogP contribution is -2.23. The maximum Gasteiger partial charge on any atom is 0.291 e. The van der Waals surface area contributed by atoms with E-state index in [-0.39, 0.29) is 5.56 Å². The summed E-state index contributed by atoms with van der Waals surface area (Å²) in [5, 5.41) is 5.30. The summed E-state index contributed by atoms with van der Waals surface area (Å²) in [5.74, 6) is 1.33. The van der Waals surface area contributed by atoms with E-state index in [2.05, 4.69) is 17.0 Å². The number of unbranched alkanes of at least 4 members (excludes halogenated alkanes) is 2. The SMILES string of the molecule is CCCCCOc1ccc(-c2nc3sc(=Cc4ccc(Cl)c(Cl)c4)c(=O)n3n2)cc1. The average molecular weight is 460 g/mol. The standard InChI is InChI=1S/C22H19Cl2N3O2S/c1-2-3-4-11-29-16-8-6-15(7-9-16)20-25-22-27(26-20)21(28)19(30-22)13-14-5-10-17(23)18(24)12-14/h5-10,12-13H,2-4,11H2,1H3. The molecule has 154 valence electrons. The highest BCUT2D eigenvalue weighted by molar-refractivity contribution is 7.15. The van der Waals surface area contributed by atoms with Crippen LogP contribution in [-0.2, 0) is 0 Å². The largest absolute Gasteiger partial charge is 0.494 e. The van der Waals surface area contributed by atoms with Gasteiger partial charge in [-0.15, -0.1) is 5.10 Å². The van der Waals surface area contributed by atoms with Gasteiger partial charge in [-0.1, -0.05) is 60.4 Å². The molecule has 0 spiro atoms. The molecule has 30 heavy (non-hydrogen) atoms. The van der Waals surface area contributed by atoms with Gasteiger partial charge < -0.3 is 4.74 Å². The Labute approximate surface area is 187 Å². The Morgan fingerprint density at radius 1 is 1.10 bits per heavy atom. The maximum atomic E-state index is 12.7. The van der Waals surface area contributed by atoms with Gasteiger partial charge in [0.2, 0.25) is 4.96 Å². The molecule has 0 atom stereocenters. The van der Waals surface area contributed by atoms with Crippen molar-refractivity contribution in [2.75, 3.05) is 6.61 Å². The van der Waals surface area contributed by atoms with Crippen LogP contribution in [0.25, 0.3) is 22.4 Å². The van der Waals surface area contributed by atoms with E-state index in [0.717, 1.165) is 29.7 Å². The van der Waals surface area contributed by atoms with E-state index in [1.54, 1.807) is 24.3 Å². The van der Waals surface area contributed by atoms with E-state index in [0.29, 0.717) is 32.0 Å². The van der Waals surface area contributed by atoms with Crippen LogP contribution in [0.5, 0.6) is 5.75 Å². The Hall–Kier alpha value is -2.41. The van der Waals surface area contributed by atoms with E-state index in [9.17, 15) is 4.79 Å². The summed E-state index contributed by atoms with van der Waals surface area (Å²) in [6.07, 6.45) is 5.14. The lowest BCUT2D eigenvalue weighted by molar-refractivity contribution is 0.306. The smallest absolute Gasteiger partial charge is 0.291 e. The molecule has 0 aliphatic rings. The second kappa shape index (κ2) is 9.16. The molecule has 2 aromatic heterocycles. The Morgan fingerprint density at radius 2 is 1.90 bits per heavy atom. The first-order valence-corrected chi connectivity index (χ1v) is 11.2. The number of halogens is 2. The zero-order valence-electron chi connectivity index (χ0n) is 16.3. The molecule has 0 radical (unpaired) electrons. The third-order valence-corrected chi connectivity index (χ3v) is 6.25. The van der Waals surface area contributed by atoms with Crippen LogP contribution >= 0.6 is 34.5 Å². The second-order valence-corrected chi connectivity index (χ2v) is 8.62. The zero-order chi connectivity index (χ0) is 21.1. The van der Waals surface area contributed by atoms with Gasteiger partial charge in [0.05, 0.1) is 21.2 Å². The van der Waals surface area contributed by atoms with Crippen LogP contribution in [0.1, 0.15) is 31.7 Å². The van der Waals surface area contributed by atoms with E-state index < -0.39 is 0 Å². The molecule has 2 aromatic carbocycles. The minimum Gasteiger partial charge on any atom is -0.494 e. The Kier molecular flexibility index (Phi) is 6.37. The van der Waals surface area contributed by atoms with Crippen molar-refractivity contribution in [1.82, 2.24) is 14.6 Å². The summed E-state index contributed by atoms with van der Waals surface area (Å²) in [6, 6.07) is 12.8. The average Bonchev–Trinajstić information content (AvgIpc) is 3.28. The lowest BCUT2D eigenvalue weighted by atomic mass is 10.2. The fourth-order valence-corrected chi connectivity index (χ4v) is 4.17. The first-order chi connectivity index (χ1) is 14.5. The number of hydrogen-bond acceptors (Lipinski definition) is 5. The Balaban J connectivity index is 1.57. The van der Waals surface area contributed by atoms with Crippen molar-refractivity contribution in [2.24, 2.45) is 0 Å². The quantitative estimate of drug-likeness (QED) is 0.354. The van der Waals surface area contributed by atoms with Crippen molar-refractivity contribution in [3.63, 3.8) is 0 Å². The van der Waals surface area contributed by atoms with Crippen LogP contribution in [0.3, 0.4) is 0 Å². The van der Waals surface area contributed by atoms with Crippen LogP contribution in [0.4, 0.5) is 0 Å². The van der Waals surface area contributed by atoms with Crippen molar-refractivity contribution in [1.29, 1.82) is 0 Å². The molecule has 4 rings (SSSR count). The van der Waals surface area contributed by atoms with Gasteiger partial charge >= 0.3 is 0 Å². The number of hydrogen-bond donors (Lipinski definition) is 0. The van der Waals surface area contributed by atoms with Crippen molar-refractivity contribution in [2.45, 2.75) is 26.2 Å². The van der Waals surface area contributed by atoms with Crippen molar-refractivity contribution >= 4 is 45.6 Å². The van der Waals surface area contributed by atoms with Crippen molar-refractivity contribution < 1.29 is 4.74 Å². The normalized spacial score (nSPS) is 12.0. The van der Waals surface area contributed by atoms with Gasteiger partial charge in [-0.3, -0.25) is 4.79 Å². The lowest BCUT2D eigenvalue weighted by Gasteiger charge is -2.05. The topological polar surface area (TPSA) is 56.5 Å². The van der Waals surface area contributed by atoms with Gasteiger partial charge in [-0.2, -0.15) is 9.50 Å². The molecular weight excluding hydrogens is 441 g/mol. The van der Waals surface area contributed by atoms with Crippen LogP contribution in [0.15, 0.2) is 47.3 Å². The van der Waals surface area contributed by atoms with Gasteiger partial charge in [0.25, 0.3) is 5.56 Å². The predicted molar refractivity (Wildman–Crippen MR) is 123 cm³/mol. The number of thiazole rings is 1. The van der Waals surface area contributed by atoms with Crippen LogP contribution in [0, 0.1) is 0 Å². The van der Waals surface area contributed by atoms with E-state index >= 15 is 0 Å². The fraction of sp³-hybridized carbons (Fsp3) is 0.227. The van der Waals surface area contributed by atoms with Crippen LogP contribution in [-0.4, -0.2) is 21.2 Å². The number of benzene rings is 2. The summed E-state index contributed by atoms with van der Waals surface area (Å²) >= 11 is 13.3. The molecule has 5 nitrogen and oxygen atoms in total. The molecule has 2 heterocycles. The maximum absolute atomic E-state index is 12.7. The van der Waals surface area contributed by atoms with Gasteiger partial charge in [0.1, 0.15) is 5.75 Å². The molecular formula is C22H19Cl2N3O2S. The molecule has 0 bridgehead atoms. The molecule has 0 N–H and O–H groups in total. The van der Waals surface area contributed by atoms with E-state index in [1.165, 1.54) is 22.3 Å². The molecule has 0 saturated heterocycles. The Morgan fingerprint density at radius 3 is 2.60 bits per heavy atom. The monoisotopic (exact) mass is 459 g/mol. The van der Waals surface area contributed by atoms with E-state index in [4.69, 9.17) is 27.9 Å². The highest BCUT2D eigenvalue weighted by atomic mass is 35.5. The molecule has 0 saturated carbocycles. The van der Waals surface area contributed by atoms with Crippen molar-refractivity contribution in [3.8, 4) is 17.1 Å². The molecule has 8 heteroatoms. The number of rotatable bonds is 7. The van der Waals surface area contributed by atoms with Crippen molar-refractivity contribution in [3.05, 3.63) is 73.0 Å². The minimum absolute atomic E-state index is 0.212. The highest BCUT2D eigenvalue weighted by Crippen LogP contribution is 2.23. The number of nitrogens with zero attached hydrogens (tertiary/aromatic N) is 3. The Bertz CT molecular complexity index is 1280. The second-order valence-electron chi connectivity index (χ2n) is 6.80. The molecule has 0 fully saturated rings.